The molecule has 0 aliphatic rings. The molecule has 108 valence electrons. The number of nitrogens with one attached hydrogen (secondary N) is 1. The minimum Gasteiger partial charge on any atom is -0.399 e. The third kappa shape index (κ3) is 5.19. The quantitative estimate of drug-likeness (QED) is 0.704. The van der Waals surface area contributed by atoms with E-state index in [4.69, 9.17) is 15.2 Å². The highest BCUT2D eigenvalue weighted by atomic mass is 16.5. The van der Waals surface area contributed by atoms with Crippen LogP contribution in [0.15, 0.2) is 24.3 Å². The van der Waals surface area contributed by atoms with Crippen molar-refractivity contribution < 1.29 is 9.47 Å². The Morgan fingerprint density at radius 2 is 1.84 bits per heavy atom. The predicted octanol–water partition coefficient (Wildman–Crippen LogP) is 1.80. The van der Waals surface area contributed by atoms with Crippen LogP contribution in [0.25, 0.3) is 0 Å². The van der Waals surface area contributed by atoms with Crippen molar-refractivity contribution in [2.45, 2.75) is 25.4 Å². The van der Waals surface area contributed by atoms with Gasteiger partial charge in [0.15, 0.2) is 0 Å². The Morgan fingerprint density at radius 1 is 1.21 bits per heavy atom. The van der Waals surface area contributed by atoms with E-state index in [1.54, 1.807) is 14.2 Å². The summed E-state index contributed by atoms with van der Waals surface area (Å²) in [5.41, 5.74) is 7.84. The second-order valence-electron chi connectivity index (χ2n) is 5.45. The summed E-state index contributed by atoms with van der Waals surface area (Å²) in [6.07, 6.45) is 0.0900. The minimum atomic E-state index is 0.0546. The summed E-state index contributed by atoms with van der Waals surface area (Å²) in [6, 6.07) is 8.06. The molecule has 1 aromatic carbocycles. The van der Waals surface area contributed by atoms with Crippen LogP contribution >= 0.6 is 0 Å². The number of anilines is 1. The van der Waals surface area contributed by atoms with Crippen molar-refractivity contribution in [2.24, 2.45) is 0 Å². The molecule has 0 spiro atoms. The van der Waals surface area contributed by atoms with Gasteiger partial charge in [0, 0.05) is 38.4 Å². The first kappa shape index (κ1) is 16.0. The molecule has 0 aliphatic carbocycles. The molecular formula is C15H26N2O2. The van der Waals surface area contributed by atoms with Gasteiger partial charge in [0.25, 0.3) is 0 Å². The van der Waals surface area contributed by atoms with Crippen molar-refractivity contribution in [1.29, 1.82) is 0 Å². The van der Waals surface area contributed by atoms with Crippen LogP contribution < -0.4 is 11.1 Å². The number of hydrogen-bond donors (Lipinski definition) is 2. The third-order valence-corrected chi connectivity index (χ3v) is 3.32. The van der Waals surface area contributed by atoms with Crippen LogP contribution in [0.5, 0.6) is 0 Å². The van der Waals surface area contributed by atoms with Crippen molar-refractivity contribution in [3.8, 4) is 0 Å². The van der Waals surface area contributed by atoms with E-state index in [1.165, 1.54) is 5.56 Å². The molecule has 3 N–H and O–H groups in total. The number of methoxy groups -OCH3 is 2. The standard InChI is InChI=1S/C15H26N2O2/c1-15(2,12-5-7-13(16)8-6-12)11-17-9-14(19-4)10-18-3/h5-8,14,17H,9-11,16H2,1-4H3. The SMILES string of the molecule is COCC(CNCC(C)(C)c1ccc(N)cc1)OC. The van der Waals surface area contributed by atoms with Gasteiger partial charge in [-0.3, -0.25) is 0 Å². The molecule has 0 saturated carbocycles. The van der Waals surface area contributed by atoms with Gasteiger partial charge in [0.2, 0.25) is 0 Å². The molecule has 4 nitrogen and oxygen atoms in total. The second-order valence-corrected chi connectivity index (χ2v) is 5.45. The van der Waals surface area contributed by atoms with Gasteiger partial charge in [-0.15, -0.1) is 0 Å². The van der Waals surface area contributed by atoms with E-state index in [0.29, 0.717) is 6.61 Å². The van der Waals surface area contributed by atoms with Gasteiger partial charge in [-0.05, 0) is 17.7 Å². The number of nitrogen functional groups attached to an aromatic ring is 1. The largest absolute Gasteiger partial charge is 0.399 e. The average Bonchev–Trinajstić information content (AvgIpc) is 2.38. The highest BCUT2D eigenvalue weighted by Crippen LogP contribution is 2.23. The Morgan fingerprint density at radius 3 is 2.37 bits per heavy atom. The van der Waals surface area contributed by atoms with Gasteiger partial charge in [-0.25, -0.2) is 0 Å². The molecule has 0 aliphatic heterocycles. The maximum absolute atomic E-state index is 5.72. The highest BCUT2D eigenvalue weighted by molar-refractivity contribution is 5.41. The van der Waals surface area contributed by atoms with E-state index in [2.05, 4.69) is 31.3 Å². The molecule has 4 heteroatoms. The summed E-state index contributed by atoms with van der Waals surface area (Å²) in [5.74, 6) is 0. The molecule has 0 amide bonds. The fourth-order valence-corrected chi connectivity index (χ4v) is 1.98. The first-order chi connectivity index (χ1) is 8.99. The Balaban J connectivity index is 2.48. The van der Waals surface area contributed by atoms with Crippen molar-refractivity contribution >= 4 is 5.69 Å². The maximum atomic E-state index is 5.72. The monoisotopic (exact) mass is 266 g/mol. The molecule has 0 radical (unpaired) electrons. The van der Waals surface area contributed by atoms with E-state index in [9.17, 15) is 0 Å². The molecule has 19 heavy (non-hydrogen) atoms. The van der Waals surface area contributed by atoms with Gasteiger partial charge in [0.1, 0.15) is 0 Å². The first-order valence-electron chi connectivity index (χ1n) is 6.58. The summed E-state index contributed by atoms with van der Waals surface area (Å²) in [6.45, 7) is 6.68. The number of rotatable bonds is 8. The Kier molecular flexibility index (Phi) is 6.28. The molecule has 1 aromatic rings. The van der Waals surface area contributed by atoms with Gasteiger partial charge in [-0.1, -0.05) is 26.0 Å². The van der Waals surface area contributed by atoms with Crippen molar-refractivity contribution in [2.75, 3.05) is 39.6 Å². The number of ether oxygens (including phenoxy) is 2. The van der Waals surface area contributed by atoms with E-state index >= 15 is 0 Å². The third-order valence-electron chi connectivity index (χ3n) is 3.32. The van der Waals surface area contributed by atoms with Gasteiger partial charge in [0.05, 0.1) is 12.7 Å². The molecular weight excluding hydrogens is 240 g/mol. The first-order valence-corrected chi connectivity index (χ1v) is 6.58. The van der Waals surface area contributed by atoms with E-state index in [-0.39, 0.29) is 11.5 Å². The van der Waals surface area contributed by atoms with Crippen LogP contribution in [0.4, 0.5) is 5.69 Å². The van der Waals surface area contributed by atoms with Crippen LogP contribution in [0, 0.1) is 0 Å². The molecule has 1 atom stereocenters. The molecule has 1 rings (SSSR count). The van der Waals surface area contributed by atoms with E-state index < -0.39 is 0 Å². The van der Waals surface area contributed by atoms with Crippen LogP contribution in [-0.2, 0) is 14.9 Å². The fourth-order valence-electron chi connectivity index (χ4n) is 1.98. The lowest BCUT2D eigenvalue weighted by atomic mass is 9.84. The van der Waals surface area contributed by atoms with Crippen molar-refractivity contribution in [1.82, 2.24) is 5.32 Å². The Bertz CT molecular complexity index is 363. The summed E-state index contributed by atoms with van der Waals surface area (Å²) >= 11 is 0. The van der Waals surface area contributed by atoms with E-state index in [1.807, 2.05) is 12.1 Å². The van der Waals surface area contributed by atoms with Crippen molar-refractivity contribution in [3.05, 3.63) is 29.8 Å². The molecule has 0 fully saturated rings. The zero-order chi connectivity index (χ0) is 14.3. The van der Waals surface area contributed by atoms with Gasteiger partial charge < -0.3 is 20.5 Å². The Labute approximate surface area is 116 Å². The van der Waals surface area contributed by atoms with Crippen LogP contribution in [0.3, 0.4) is 0 Å². The number of hydrogen-bond acceptors (Lipinski definition) is 4. The maximum Gasteiger partial charge on any atom is 0.0928 e. The lowest BCUT2D eigenvalue weighted by Crippen LogP contribution is -2.39. The minimum absolute atomic E-state index is 0.0546. The predicted molar refractivity (Wildman–Crippen MR) is 79.4 cm³/mol. The Hall–Kier alpha value is -1.10. The van der Waals surface area contributed by atoms with Gasteiger partial charge in [-0.2, -0.15) is 0 Å². The zero-order valence-corrected chi connectivity index (χ0v) is 12.4. The lowest BCUT2D eigenvalue weighted by molar-refractivity contribution is 0.0284. The second kappa shape index (κ2) is 7.48. The molecule has 0 aromatic heterocycles. The average molecular weight is 266 g/mol. The van der Waals surface area contributed by atoms with E-state index in [0.717, 1.165) is 18.8 Å². The molecule has 0 bridgehead atoms. The topological polar surface area (TPSA) is 56.5 Å². The smallest absolute Gasteiger partial charge is 0.0928 e. The summed E-state index contributed by atoms with van der Waals surface area (Å²) in [4.78, 5) is 0. The number of benzene rings is 1. The fraction of sp³-hybridized carbons (Fsp3) is 0.600. The zero-order valence-electron chi connectivity index (χ0n) is 12.4. The lowest BCUT2D eigenvalue weighted by Gasteiger charge is -2.27. The summed E-state index contributed by atoms with van der Waals surface area (Å²) in [7, 11) is 3.39. The molecule has 0 saturated heterocycles. The summed E-state index contributed by atoms with van der Waals surface area (Å²) in [5, 5.41) is 3.44. The van der Waals surface area contributed by atoms with Crippen LogP contribution in [-0.4, -0.2) is 40.0 Å². The van der Waals surface area contributed by atoms with Gasteiger partial charge >= 0.3 is 0 Å². The highest BCUT2D eigenvalue weighted by Gasteiger charge is 2.20. The normalized spacial score (nSPS) is 13.5. The van der Waals surface area contributed by atoms with Crippen molar-refractivity contribution in [3.63, 3.8) is 0 Å². The van der Waals surface area contributed by atoms with Crippen LogP contribution in [0.1, 0.15) is 19.4 Å². The summed E-state index contributed by atoms with van der Waals surface area (Å²) < 4.78 is 10.4. The number of nitrogens with two attached hydrogens (primary N) is 1. The molecule has 0 heterocycles. The van der Waals surface area contributed by atoms with Crippen LogP contribution in [0.2, 0.25) is 0 Å². The molecule has 1 unspecified atom stereocenters.